The van der Waals surface area contributed by atoms with Gasteiger partial charge < -0.3 is 5.32 Å². The molecule has 0 aliphatic heterocycles. The molecular formula is C13H19N3O4S. The predicted molar refractivity (Wildman–Crippen MR) is 79.7 cm³/mol. The summed E-state index contributed by atoms with van der Waals surface area (Å²) in [6.07, 6.45) is 1.01. The zero-order chi connectivity index (χ0) is 15.6. The van der Waals surface area contributed by atoms with Crippen LogP contribution in [0, 0.1) is 22.0 Å². The van der Waals surface area contributed by atoms with Gasteiger partial charge in [0.2, 0.25) is 10.0 Å². The van der Waals surface area contributed by atoms with Crippen LogP contribution in [0.3, 0.4) is 0 Å². The topological polar surface area (TPSA) is 101 Å². The van der Waals surface area contributed by atoms with E-state index in [1.54, 1.807) is 0 Å². The monoisotopic (exact) mass is 313 g/mol. The molecule has 2 unspecified atom stereocenters. The van der Waals surface area contributed by atoms with Crippen molar-refractivity contribution in [2.45, 2.75) is 25.2 Å². The minimum absolute atomic E-state index is 0.0770. The molecule has 0 spiro atoms. The Morgan fingerprint density at radius 1 is 1.43 bits per heavy atom. The van der Waals surface area contributed by atoms with Crippen molar-refractivity contribution in [3.63, 3.8) is 0 Å². The van der Waals surface area contributed by atoms with Crippen LogP contribution >= 0.6 is 0 Å². The van der Waals surface area contributed by atoms with E-state index in [1.165, 1.54) is 12.1 Å². The molecule has 2 rings (SSSR count). The molecule has 1 fully saturated rings. The second kappa shape index (κ2) is 5.98. The maximum atomic E-state index is 12.4. The van der Waals surface area contributed by atoms with Crippen molar-refractivity contribution in [1.82, 2.24) is 4.72 Å². The molecule has 1 aliphatic carbocycles. The van der Waals surface area contributed by atoms with Gasteiger partial charge in [-0.1, -0.05) is 6.92 Å². The highest BCUT2D eigenvalue weighted by Gasteiger charge is 2.34. The van der Waals surface area contributed by atoms with E-state index in [4.69, 9.17) is 0 Å². The van der Waals surface area contributed by atoms with E-state index in [-0.39, 0.29) is 10.6 Å². The number of benzene rings is 1. The van der Waals surface area contributed by atoms with E-state index in [9.17, 15) is 18.5 Å². The van der Waals surface area contributed by atoms with Crippen LogP contribution in [0.15, 0.2) is 23.1 Å². The SMILES string of the molecule is CCNc1ccc([N+](=O)[O-])cc1S(=O)(=O)NCC1CC1C. The number of nitro benzene ring substituents is 1. The number of nitro groups is 1. The standard InChI is InChI=1S/C13H19N3O4S/c1-3-14-12-5-4-11(16(17)18)7-13(12)21(19,20)15-8-10-6-9(10)2/h4-5,7,9-10,14-15H,3,6,8H2,1-2H3. The Morgan fingerprint density at radius 3 is 2.62 bits per heavy atom. The molecule has 0 bridgehead atoms. The maximum absolute atomic E-state index is 12.4. The van der Waals surface area contributed by atoms with Crippen molar-refractivity contribution in [1.29, 1.82) is 0 Å². The molecule has 1 aromatic carbocycles. The number of sulfonamides is 1. The first-order chi connectivity index (χ1) is 9.85. The van der Waals surface area contributed by atoms with E-state index >= 15 is 0 Å². The van der Waals surface area contributed by atoms with E-state index in [0.717, 1.165) is 12.5 Å². The molecule has 0 amide bonds. The van der Waals surface area contributed by atoms with E-state index in [0.29, 0.717) is 30.6 Å². The molecule has 2 N–H and O–H groups in total. The summed E-state index contributed by atoms with van der Waals surface area (Å²) in [7, 11) is -3.76. The molecule has 2 atom stereocenters. The zero-order valence-electron chi connectivity index (χ0n) is 12.0. The van der Waals surface area contributed by atoms with Crippen molar-refractivity contribution in [3.8, 4) is 0 Å². The Labute approximate surface area is 123 Å². The van der Waals surface area contributed by atoms with E-state index < -0.39 is 14.9 Å². The molecular weight excluding hydrogens is 294 g/mol. The fourth-order valence-corrected chi connectivity index (χ4v) is 3.46. The summed E-state index contributed by atoms with van der Waals surface area (Å²) >= 11 is 0. The number of hydrogen-bond acceptors (Lipinski definition) is 5. The quantitative estimate of drug-likeness (QED) is 0.592. The third-order valence-corrected chi connectivity index (χ3v) is 5.11. The van der Waals surface area contributed by atoms with Crippen LogP contribution in [-0.4, -0.2) is 26.4 Å². The number of hydrogen-bond donors (Lipinski definition) is 2. The fraction of sp³-hybridized carbons (Fsp3) is 0.538. The molecule has 1 aliphatic rings. The van der Waals surface area contributed by atoms with Crippen molar-refractivity contribution in [2.75, 3.05) is 18.4 Å². The Bertz CT molecular complexity index is 645. The number of nitrogens with zero attached hydrogens (tertiary/aromatic N) is 1. The predicted octanol–water partition coefficient (Wildman–Crippen LogP) is 1.96. The zero-order valence-corrected chi connectivity index (χ0v) is 12.8. The van der Waals surface area contributed by atoms with Crippen LogP contribution in [0.2, 0.25) is 0 Å². The number of non-ortho nitro benzene ring substituents is 1. The lowest BCUT2D eigenvalue weighted by molar-refractivity contribution is -0.385. The van der Waals surface area contributed by atoms with Crippen LogP contribution in [-0.2, 0) is 10.0 Å². The second-order valence-corrected chi connectivity index (χ2v) is 7.03. The van der Waals surface area contributed by atoms with Gasteiger partial charge in [-0.25, -0.2) is 13.1 Å². The van der Waals surface area contributed by atoms with Gasteiger partial charge in [-0.05, 0) is 31.2 Å². The Kier molecular flexibility index (Phi) is 4.48. The van der Waals surface area contributed by atoms with Crippen molar-refractivity contribution in [3.05, 3.63) is 28.3 Å². The highest BCUT2D eigenvalue weighted by atomic mass is 32.2. The first-order valence-electron chi connectivity index (χ1n) is 6.87. The average molecular weight is 313 g/mol. The van der Waals surface area contributed by atoms with Gasteiger partial charge in [0.25, 0.3) is 5.69 Å². The van der Waals surface area contributed by atoms with Gasteiger partial charge in [0.05, 0.1) is 10.6 Å². The average Bonchev–Trinajstić information content (AvgIpc) is 3.13. The summed E-state index contributed by atoms with van der Waals surface area (Å²) in [5.74, 6) is 0.895. The molecule has 7 nitrogen and oxygen atoms in total. The van der Waals surface area contributed by atoms with Gasteiger partial charge in [0.15, 0.2) is 0 Å². The van der Waals surface area contributed by atoms with Gasteiger partial charge in [-0.3, -0.25) is 10.1 Å². The van der Waals surface area contributed by atoms with Gasteiger partial charge in [-0.2, -0.15) is 0 Å². The lowest BCUT2D eigenvalue weighted by atomic mass is 10.3. The maximum Gasteiger partial charge on any atom is 0.270 e. The third-order valence-electron chi connectivity index (χ3n) is 3.64. The number of rotatable bonds is 7. The highest BCUT2D eigenvalue weighted by Crippen LogP contribution is 2.37. The molecule has 8 heteroatoms. The van der Waals surface area contributed by atoms with Crippen molar-refractivity contribution in [2.24, 2.45) is 11.8 Å². The summed E-state index contributed by atoms with van der Waals surface area (Å²) in [5, 5.41) is 13.8. The van der Waals surface area contributed by atoms with Crippen LogP contribution in [0.5, 0.6) is 0 Å². The summed E-state index contributed by atoms with van der Waals surface area (Å²) in [5.41, 5.74) is 0.135. The van der Waals surface area contributed by atoms with Crippen molar-refractivity contribution >= 4 is 21.4 Å². The normalized spacial score (nSPS) is 21.0. The summed E-state index contributed by atoms with van der Waals surface area (Å²) in [6.45, 7) is 4.80. The lowest BCUT2D eigenvalue weighted by Gasteiger charge is -2.12. The van der Waals surface area contributed by atoms with Crippen molar-refractivity contribution < 1.29 is 13.3 Å². The molecule has 21 heavy (non-hydrogen) atoms. The minimum Gasteiger partial charge on any atom is -0.384 e. The Hall–Kier alpha value is -1.67. The summed E-state index contributed by atoms with van der Waals surface area (Å²) in [6, 6.07) is 3.81. The smallest absolute Gasteiger partial charge is 0.270 e. The third kappa shape index (κ3) is 3.70. The van der Waals surface area contributed by atoms with Gasteiger partial charge >= 0.3 is 0 Å². The molecule has 116 valence electrons. The van der Waals surface area contributed by atoms with Crippen LogP contribution in [0.4, 0.5) is 11.4 Å². The van der Waals surface area contributed by atoms with Crippen LogP contribution < -0.4 is 10.0 Å². The largest absolute Gasteiger partial charge is 0.384 e. The van der Waals surface area contributed by atoms with Crippen LogP contribution in [0.25, 0.3) is 0 Å². The highest BCUT2D eigenvalue weighted by molar-refractivity contribution is 7.89. The Morgan fingerprint density at radius 2 is 2.10 bits per heavy atom. The summed E-state index contributed by atoms with van der Waals surface area (Å²) in [4.78, 5) is 10.2. The van der Waals surface area contributed by atoms with Gasteiger partial charge in [0.1, 0.15) is 4.90 Å². The number of anilines is 1. The molecule has 0 radical (unpaired) electrons. The minimum atomic E-state index is -3.76. The first kappa shape index (κ1) is 15.7. The van der Waals surface area contributed by atoms with E-state index in [2.05, 4.69) is 17.0 Å². The molecule has 1 saturated carbocycles. The summed E-state index contributed by atoms with van der Waals surface area (Å²) < 4.78 is 27.3. The molecule has 1 aromatic rings. The first-order valence-corrected chi connectivity index (χ1v) is 8.35. The molecule has 0 aromatic heterocycles. The second-order valence-electron chi connectivity index (χ2n) is 5.29. The van der Waals surface area contributed by atoms with Gasteiger partial charge in [-0.15, -0.1) is 0 Å². The van der Waals surface area contributed by atoms with Gasteiger partial charge in [0, 0.05) is 25.2 Å². The fourth-order valence-electron chi connectivity index (χ4n) is 2.16. The lowest BCUT2D eigenvalue weighted by Crippen LogP contribution is -2.27. The molecule has 0 heterocycles. The van der Waals surface area contributed by atoms with E-state index in [1.807, 2.05) is 6.92 Å². The molecule has 0 saturated heterocycles. The number of nitrogens with one attached hydrogen (secondary N) is 2. The Balaban J connectivity index is 2.29. The van der Waals surface area contributed by atoms with Crippen LogP contribution in [0.1, 0.15) is 20.3 Å².